The zero-order chi connectivity index (χ0) is 16.5. The largest absolute Gasteiger partial charge is 0.497 e. The molecule has 0 aliphatic heterocycles. The third-order valence-corrected chi connectivity index (χ3v) is 3.90. The number of nitrogen functional groups attached to an aromatic ring is 1. The van der Waals surface area contributed by atoms with E-state index in [0.717, 1.165) is 22.4 Å². The molecule has 0 aliphatic rings. The minimum absolute atomic E-state index is 0.542. The van der Waals surface area contributed by atoms with Crippen molar-refractivity contribution in [2.24, 2.45) is 0 Å². The Kier molecular flexibility index (Phi) is 3.39. The van der Waals surface area contributed by atoms with E-state index in [4.69, 9.17) is 10.5 Å². The molecule has 0 amide bonds. The maximum absolute atomic E-state index is 6.19. The van der Waals surface area contributed by atoms with E-state index in [0.29, 0.717) is 17.3 Å². The number of anilines is 1. The molecule has 0 spiro atoms. The lowest BCUT2D eigenvalue weighted by Crippen LogP contribution is -1.99. The van der Waals surface area contributed by atoms with Gasteiger partial charge in [0.05, 0.1) is 7.11 Å². The number of methoxy groups -OCH3 is 1. The molecule has 0 fully saturated rings. The number of benzene rings is 2. The molecule has 5 heteroatoms. The van der Waals surface area contributed by atoms with Crippen LogP contribution in [0.5, 0.6) is 5.75 Å². The van der Waals surface area contributed by atoms with Gasteiger partial charge in [-0.15, -0.1) is 5.10 Å². The summed E-state index contributed by atoms with van der Waals surface area (Å²) in [7, 11) is 1.65. The third kappa shape index (κ3) is 2.46. The highest BCUT2D eigenvalue weighted by Gasteiger charge is 2.10. The standard InChI is InChI=1S/C19H16N4O/c1-24-16-9-5-8-14(10-16)15-11-17(20)23-18(12-15)21-19(22-23)13-6-3-2-4-7-13/h2-12H,20H2,1H3. The maximum atomic E-state index is 6.19. The lowest BCUT2D eigenvalue weighted by molar-refractivity contribution is 0.415. The second-order valence-electron chi connectivity index (χ2n) is 5.47. The van der Waals surface area contributed by atoms with Crippen molar-refractivity contribution in [2.45, 2.75) is 0 Å². The van der Waals surface area contributed by atoms with Gasteiger partial charge in [-0.3, -0.25) is 0 Å². The summed E-state index contributed by atoms with van der Waals surface area (Å²) >= 11 is 0. The van der Waals surface area contributed by atoms with Crippen LogP contribution >= 0.6 is 0 Å². The number of hydrogen-bond donors (Lipinski definition) is 1. The first-order chi connectivity index (χ1) is 11.7. The fourth-order valence-corrected chi connectivity index (χ4v) is 2.69. The minimum Gasteiger partial charge on any atom is -0.497 e. The topological polar surface area (TPSA) is 65.4 Å². The van der Waals surface area contributed by atoms with Crippen molar-refractivity contribution in [3.05, 3.63) is 66.7 Å². The summed E-state index contributed by atoms with van der Waals surface area (Å²) < 4.78 is 6.95. The van der Waals surface area contributed by atoms with Crippen molar-refractivity contribution < 1.29 is 4.74 Å². The lowest BCUT2D eigenvalue weighted by Gasteiger charge is -2.06. The molecule has 0 atom stereocenters. The quantitative estimate of drug-likeness (QED) is 0.626. The van der Waals surface area contributed by atoms with Crippen molar-refractivity contribution in [3.63, 3.8) is 0 Å². The molecule has 0 saturated carbocycles. The minimum atomic E-state index is 0.542. The fraction of sp³-hybridized carbons (Fsp3) is 0.0526. The lowest BCUT2D eigenvalue weighted by atomic mass is 10.1. The van der Waals surface area contributed by atoms with Crippen molar-refractivity contribution >= 4 is 11.5 Å². The average Bonchev–Trinajstić information content (AvgIpc) is 3.07. The highest BCUT2D eigenvalue weighted by Crippen LogP contribution is 2.27. The summed E-state index contributed by atoms with van der Waals surface area (Å²) in [5.74, 6) is 2.00. The molecule has 118 valence electrons. The van der Waals surface area contributed by atoms with Gasteiger partial charge < -0.3 is 10.5 Å². The highest BCUT2D eigenvalue weighted by atomic mass is 16.5. The van der Waals surface area contributed by atoms with Gasteiger partial charge in [0.25, 0.3) is 0 Å². The predicted octanol–water partition coefficient (Wildman–Crippen LogP) is 3.65. The normalized spacial score (nSPS) is 10.9. The Bertz CT molecular complexity index is 1010. The molecule has 2 aromatic heterocycles. The van der Waals surface area contributed by atoms with Gasteiger partial charge in [0.1, 0.15) is 11.6 Å². The molecule has 4 aromatic rings. The van der Waals surface area contributed by atoms with Crippen molar-refractivity contribution in [2.75, 3.05) is 12.8 Å². The molecule has 2 heterocycles. The predicted molar refractivity (Wildman–Crippen MR) is 94.8 cm³/mol. The van der Waals surface area contributed by atoms with Gasteiger partial charge in [0.15, 0.2) is 11.5 Å². The summed E-state index contributed by atoms with van der Waals surface area (Å²) in [6.45, 7) is 0. The number of nitrogens with two attached hydrogens (primary N) is 1. The zero-order valence-corrected chi connectivity index (χ0v) is 13.2. The Hall–Kier alpha value is -3.34. The van der Waals surface area contributed by atoms with Crippen LogP contribution in [0, 0.1) is 0 Å². The number of pyridine rings is 1. The van der Waals surface area contributed by atoms with E-state index in [-0.39, 0.29) is 0 Å². The maximum Gasteiger partial charge on any atom is 0.182 e. The van der Waals surface area contributed by atoms with E-state index in [1.807, 2.05) is 66.7 Å². The summed E-state index contributed by atoms with van der Waals surface area (Å²) in [5.41, 5.74) is 9.86. The van der Waals surface area contributed by atoms with Crippen LogP contribution in [0.4, 0.5) is 5.82 Å². The van der Waals surface area contributed by atoms with E-state index in [1.165, 1.54) is 0 Å². The van der Waals surface area contributed by atoms with E-state index in [9.17, 15) is 0 Å². The van der Waals surface area contributed by atoms with Crippen molar-refractivity contribution in [1.29, 1.82) is 0 Å². The third-order valence-electron chi connectivity index (χ3n) is 3.90. The summed E-state index contributed by atoms with van der Waals surface area (Å²) in [6.07, 6.45) is 0. The summed E-state index contributed by atoms with van der Waals surface area (Å²) in [4.78, 5) is 4.61. The van der Waals surface area contributed by atoms with E-state index in [2.05, 4.69) is 10.1 Å². The summed E-state index contributed by atoms with van der Waals surface area (Å²) in [6, 6.07) is 21.6. The Labute approximate surface area is 139 Å². The van der Waals surface area contributed by atoms with E-state index < -0.39 is 0 Å². The van der Waals surface area contributed by atoms with Crippen LogP contribution in [0.1, 0.15) is 0 Å². The molecular formula is C19H16N4O. The highest BCUT2D eigenvalue weighted by molar-refractivity contribution is 5.73. The Morgan fingerprint density at radius 2 is 1.67 bits per heavy atom. The second-order valence-corrected chi connectivity index (χ2v) is 5.47. The monoisotopic (exact) mass is 316 g/mol. The molecular weight excluding hydrogens is 300 g/mol. The van der Waals surface area contributed by atoms with Crippen molar-refractivity contribution in [1.82, 2.24) is 14.6 Å². The molecule has 0 bridgehead atoms. The van der Waals surface area contributed by atoms with Crippen molar-refractivity contribution in [3.8, 4) is 28.3 Å². The molecule has 4 rings (SSSR count). The van der Waals surface area contributed by atoms with Gasteiger partial charge in [-0.2, -0.15) is 4.52 Å². The number of nitrogens with zero attached hydrogens (tertiary/aromatic N) is 3. The molecule has 5 nitrogen and oxygen atoms in total. The smallest absolute Gasteiger partial charge is 0.182 e. The van der Waals surface area contributed by atoms with Gasteiger partial charge in [-0.1, -0.05) is 42.5 Å². The molecule has 2 N–H and O–H groups in total. The molecule has 2 aromatic carbocycles. The molecule has 0 saturated heterocycles. The van der Waals surface area contributed by atoms with E-state index >= 15 is 0 Å². The van der Waals surface area contributed by atoms with Crippen LogP contribution < -0.4 is 10.5 Å². The number of rotatable bonds is 3. The van der Waals surface area contributed by atoms with Gasteiger partial charge in [0.2, 0.25) is 0 Å². The van der Waals surface area contributed by atoms with Crippen LogP contribution in [0.25, 0.3) is 28.2 Å². The van der Waals surface area contributed by atoms with Crippen LogP contribution in [0.2, 0.25) is 0 Å². The van der Waals surface area contributed by atoms with E-state index in [1.54, 1.807) is 11.6 Å². The first kappa shape index (κ1) is 14.3. The molecule has 0 aliphatic carbocycles. The van der Waals surface area contributed by atoms with Gasteiger partial charge in [-0.25, -0.2) is 4.98 Å². The first-order valence-corrected chi connectivity index (χ1v) is 7.61. The average molecular weight is 316 g/mol. The zero-order valence-electron chi connectivity index (χ0n) is 13.2. The van der Waals surface area contributed by atoms with Gasteiger partial charge >= 0.3 is 0 Å². The molecule has 24 heavy (non-hydrogen) atoms. The van der Waals surface area contributed by atoms with Crippen LogP contribution in [0.15, 0.2) is 66.7 Å². The van der Waals surface area contributed by atoms with Gasteiger partial charge in [-0.05, 0) is 35.4 Å². The van der Waals surface area contributed by atoms with Crippen LogP contribution in [0.3, 0.4) is 0 Å². The molecule has 0 radical (unpaired) electrons. The number of aromatic nitrogens is 3. The Balaban J connectivity index is 1.85. The Morgan fingerprint density at radius 1 is 0.875 bits per heavy atom. The first-order valence-electron chi connectivity index (χ1n) is 7.61. The number of hydrogen-bond acceptors (Lipinski definition) is 4. The van der Waals surface area contributed by atoms with Crippen LogP contribution in [-0.4, -0.2) is 21.7 Å². The van der Waals surface area contributed by atoms with Gasteiger partial charge in [0, 0.05) is 5.56 Å². The molecule has 0 unspecified atom stereocenters. The SMILES string of the molecule is COc1cccc(-c2cc(N)n3nc(-c4ccccc4)nc3c2)c1. The summed E-state index contributed by atoms with van der Waals surface area (Å²) in [5, 5.41) is 4.51. The number of fused-ring (bicyclic) bond motifs is 1. The number of ether oxygens (including phenoxy) is 1. The van der Waals surface area contributed by atoms with Crippen LogP contribution in [-0.2, 0) is 0 Å². The Morgan fingerprint density at radius 3 is 2.46 bits per heavy atom. The fourth-order valence-electron chi connectivity index (χ4n) is 2.69. The second kappa shape index (κ2) is 5.70.